The molecule has 2 fully saturated rings. The number of hydrogen-bond donors (Lipinski definition) is 3. The molecule has 0 aromatic heterocycles. The monoisotopic (exact) mass is 553 g/mol. The van der Waals surface area contributed by atoms with Crippen molar-refractivity contribution in [1.82, 2.24) is 20.4 Å². The number of carbonyl (C=O) groups excluding carboxylic acids is 4. The summed E-state index contributed by atoms with van der Waals surface area (Å²) in [7, 11) is 2.08. The van der Waals surface area contributed by atoms with E-state index in [4.69, 9.17) is 16.3 Å². The Hall–Kier alpha value is -3.47. The van der Waals surface area contributed by atoms with E-state index in [0.717, 1.165) is 41.8 Å². The molecule has 2 unspecified atom stereocenters. The molecule has 2 saturated heterocycles. The molecule has 39 heavy (non-hydrogen) atoms. The topological polar surface area (TPSA) is 120 Å². The van der Waals surface area contributed by atoms with Crippen LogP contribution < -0.4 is 16.0 Å². The number of piperidine rings is 1. The first-order chi connectivity index (χ1) is 18.7. The number of nitrogens with zero attached hydrogens (tertiary/aromatic N) is 2. The van der Waals surface area contributed by atoms with Crippen LogP contribution >= 0.6 is 11.6 Å². The Balaban J connectivity index is 1.20. The van der Waals surface area contributed by atoms with Gasteiger partial charge in [0.2, 0.25) is 11.8 Å². The molecular formula is C28H32ClN5O5. The Kier molecular flexibility index (Phi) is 7.88. The van der Waals surface area contributed by atoms with Crippen LogP contribution in [-0.2, 0) is 33.8 Å². The lowest BCUT2D eigenvalue weighted by molar-refractivity contribution is -0.136. The predicted octanol–water partition coefficient (Wildman–Crippen LogP) is 2.60. The van der Waals surface area contributed by atoms with Gasteiger partial charge in [-0.25, -0.2) is 4.79 Å². The second-order valence-corrected chi connectivity index (χ2v) is 10.8. The van der Waals surface area contributed by atoms with E-state index in [2.05, 4.69) is 27.9 Å². The second-order valence-electron chi connectivity index (χ2n) is 10.4. The van der Waals surface area contributed by atoms with Gasteiger partial charge in [0.1, 0.15) is 6.04 Å². The van der Waals surface area contributed by atoms with Gasteiger partial charge < -0.3 is 20.3 Å². The summed E-state index contributed by atoms with van der Waals surface area (Å²) in [6.07, 6.45) is 1.29. The zero-order chi connectivity index (χ0) is 27.7. The molecule has 2 atom stereocenters. The van der Waals surface area contributed by atoms with Gasteiger partial charge in [-0.15, -0.1) is 0 Å². The molecule has 2 aromatic rings. The predicted molar refractivity (Wildman–Crippen MR) is 145 cm³/mol. The normalized spacial score (nSPS) is 21.5. The number of urea groups is 1. The summed E-state index contributed by atoms with van der Waals surface area (Å²) in [5.41, 5.74) is 4.71. The van der Waals surface area contributed by atoms with Crippen molar-refractivity contribution in [3.63, 3.8) is 0 Å². The molecule has 10 nitrogen and oxygen atoms in total. The number of fused-ring (bicyclic) bond motifs is 1. The van der Waals surface area contributed by atoms with Gasteiger partial charge >= 0.3 is 6.03 Å². The Morgan fingerprint density at radius 2 is 2.03 bits per heavy atom. The highest BCUT2D eigenvalue weighted by Gasteiger charge is 2.39. The number of ether oxygens (including phenoxy) is 1. The molecule has 11 heteroatoms. The fourth-order valence-corrected chi connectivity index (χ4v) is 5.53. The van der Waals surface area contributed by atoms with E-state index in [1.807, 2.05) is 25.1 Å². The van der Waals surface area contributed by atoms with Crippen LogP contribution in [0.3, 0.4) is 0 Å². The van der Waals surface area contributed by atoms with E-state index in [0.29, 0.717) is 35.8 Å². The minimum atomic E-state index is -0.660. The van der Waals surface area contributed by atoms with Crippen molar-refractivity contribution in [1.29, 1.82) is 0 Å². The van der Waals surface area contributed by atoms with Crippen molar-refractivity contribution in [2.24, 2.45) is 0 Å². The summed E-state index contributed by atoms with van der Waals surface area (Å²) in [4.78, 5) is 53.3. The van der Waals surface area contributed by atoms with Crippen LogP contribution in [0.15, 0.2) is 30.3 Å². The average Bonchev–Trinajstić information content (AvgIpc) is 3.22. The van der Waals surface area contributed by atoms with Crippen LogP contribution in [0.1, 0.15) is 45.5 Å². The smallest absolute Gasteiger partial charge is 0.319 e. The third-order valence-corrected chi connectivity index (χ3v) is 8.13. The second kappa shape index (κ2) is 11.3. The van der Waals surface area contributed by atoms with Gasteiger partial charge in [-0.05, 0) is 67.3 Å². The molecule has 206 valence electrons. The van der Waals surface area contributed by atoms with Gasteiger partial charge in [-0.2, -0.15) is 0 Å². The molecule has 3 heterocycles. The van der Waals surface area contributed by atoms with Crippen molar-refractivity contribution in [2.45, 2.75) is 51.4 Å². The molecule has 3 N–H and O–H groups in total. The number of halogens is 1. The standard InChI is InChI=1S/C28H32ClN5O5/c1-16-19(11-21-15-39-8-7-33(21)2)10-20(12-23(16)29)31-28(38)30-13-17-3-4-18-14-34(27(37)22(18)9-17)24-5-6-25(35)32-26(24)36/h3-4,9-10,12,21,24H,5-8,11,13-15H2,1-2H3,(H2,30,31,38)(H,32,35,36). The molecular weight excluding hydrogens is 522 g/mol. The summed E-state index contributed by atoms with van der Waals surface area (Å²) in [5, 5.41) is 8.59. The summed E-state index contributed by atoms with van der Waals surface area (Å²) in [6.45, 7) is 4.75. The zero-order valence-corrected chi connectivity index (χ0v) is 22.8. The average molecular weight is 554 g/mol. The Morgan fingerprint density at radius 1 is 1.21 bits per heavy atom. The summed E-state index contributed by atoms with van der Waals surface area (Å²) >= 11 is 6.49. The van der Waals surface area contributed by atoms with E-state index in [1.165, 1.54) is 4.90 Å². The third-order valence-electron chi connectivity index (χ3n) is 7.73. The molecule has 5 amide bonds. The van der Waals surface area contributed by atoms with Gasteiger partial charge in [0, 0.05) is 48.4 Å². The molecule has 0 bridgehead atoms. The highest BCUT2D eigenvalue weighted by molar-refractivity contribution is 6.31. The molecule has 0 radical (unpaired) electrons. The Labute approximate surface area is 232 Å². The van der Waals surface area contributed by atoms with Crippen LogP contribution in [-0.4, -0.2) is 72.4 Å². The number of hydrogen-bond acceptors (Lipinski definition) is 6. The van der Waals surface area contributed by atoms with Gasteiger partial charge in [0.15, 0.2) is 0 Å². The Bertz CT molecular complexity index is 1330. The number of morpholine rings is 1. The van der Waals surface area contributed by atoms with E-state index in [9.17, 15) is 19.2 Å². The highest BCUT2D eigenvalue weighted by atomic mass is 35.5. The number of nitrogens with one attached hydrogen (secondary N) is 3. The first-order valence-corrected chi connectivity index (χ1v) is 13.5. The van der Waals surface area contributed by atoms with Gasteiger partial charge in [0.05, 0.1) is 13.2 Å². The maximum Gasteiger partial charge on any atom is 0.319 e. The number of likely N-dealkylation sites (N-methyl/N-ethyl adjacent to an activating group) is 1. The summed E-state index contributed by atoms with van der Waals surface area (Å²) < 4.78 is 5.64. The fraction of sp³-hybridized carbons (Fsp3) is 0.429. The van der Waals surface area contributed by atoms with Gasteiger partial charge in [0.25, 0.3) is 5.91 Å². The van der Waals surface area contributed by atoms with E-state index < -0.39 is 18.0 Å². The maximum absolute atomic E-state index is 13.0. The van der Waals surface area contributed by atoms with Crippen molar-refractivity contribution >= 4 is 41.0 Å². The number of imide groups is 1. The van der Waals surface area contributed by atoms with Crippen molar-refractivity contribution in [3.8, 4) is 0 Å². The quantitative estimate of drug-likeness (QED) is 0.473. The largest absolute Gasteiger partial charge is 0.378 e. The molecule has 2 aromatic carbocycles. The fourth-order valence-electron chi connectivity index (χ4n) is 5.30. The van der Waals surface area contributed by atoms with E-state index >= 15 is 0 Å². The third kappa shape index (κ3) is 5.93. The molecule has 5 rings (SSSR count). The molecule has 3 aliphatic rings. The van der Waals surface area contributed by atoms with Crippen LogP contribution in [0.4, 0.5) is 10.5 Å². The number of rotatable bonds is 6. The number of benzene rings is 2. The first kappa shape index (κ1) is 27.1. The lowest BCUT2D eigenvalue weighted by atomic mass is 9.99. The minimum Gasteiger partial charge on any atom is -0.378 e. The number of anilines is 1. The van der Waals surface area contributed by atoms with E-state index in [-0.39, 0.29) is 30.8 Å². The minimum absolute atomic E-state index is 0.209. The lowest BCUT2D eigenvalue weighted by Gasteiger charge is -2.33. The highest BCUT2D eigenvalue weighted by Crippen LogP contribution is 2.29. The van der Waals surface area contributed by atoms with Crippen molar-refractivity contribution in [2.75, 3.05) is 32.1 Å². The van der Waals surface area contributed by atoms with Crippen molar-refractivity contribution in [3.05, 3.63) is 63.2 Å². The van der Waals surface area contributed by atoms with E-state index in [1.54, 1.807) is 12.1 Å². The van der Waals surface area contributed by atoms with Crippen LogP contribution in [0.5, 0.6) is 0 Å². The lowest BCUT2D eigenvalue weighted by Crippen LogP contribution is -2.52. The number of amides is 5. The molecule has 0 spiro atoms. The number of carbonyl (C=O) groups is 4. The first-order valence-electron chi connectivity index (χ1n) is 13.1. The maximum atomic E-state index is 13.0. The summed E-state index contributed by atoms with van der Waals surface area (Å²) in [5.74, 6) is -1.01. The van der Waals surface area contributed by atoms with Gasteiger partial charge in [-0.1, -0.05) is 23.7 Å². The zero-order valence-electron chi connectivity index (χ0n) is 22.0. The van der Waals surface area contributed by atoms with Crippen LogP contribution in [0.25, 0.3) is 0 Å². The van der Waals surface area contributed by atoms with Gasteiger partial charge in [-0.3, -0.25) is 24.6 Å². The van der Waals surface area contributed by atoms with Crippen LogP contribution in [0.2, 0.25) is 5.02 Å². The SMILES string of the molecule is Cc1c(Cl)cc(NC(=O)NCc2ccc3c(c2)C(=O)N(C2CCC(=O)NC2=O)C3)cc1CC1COCCN1C. The molecule has 0 saturated carbocycles. The Morgan fingerprint density at radius 3 is 2.79 bits per heavy atom. The molecule has 3 aliphatic heterocycles. The van der Waals surface area contributed by atoms with Crippen molar-refractivity contribution < 1.29 is 23.9 Å². The molecule has 0 aliphatic carbocycles. The summed E-state index contributed by atoms with van der Waals surface area (Å²) in [6, 6.07) is 8.30. The van der Waals surface area contributed by atoms with Crippen LogP contribution in [0, 0.1) is 6.92 Å².